The van der Waals surface area contributed by atoms with Crippen LogP contribution >= 0.6 is 0 Å². The van der Waals surface area contributed by atoms with Gasteiger partial charge in [-0.25, -0.2) is 9.78 Å². The number of esters is 1. The summed E-state index contributed by atoms with van der Waals surface area (Å²) >= 11 is 0. The quantitative estimate of drug-likeness (QED) is 0.865. The van der Waals surface area contributed by atoms with Gasteiger partial charge in [0, 0.05) is 5.69 Å². The number of aromatic nitrogens is 1. The van der Waals surface area contributed by atoms with Gasteiger partial charge in [0.1, 0.15) is 5.82 Å². The zero-order chi connectivity index (χ0) is 14.4. The molecule has 0 bridgehead atoms. The number of pyridine rings is 1. The van der Waals surface area contributed by atoms with Crippen molar-refractivity contribution in [2.45, 2.75) is 6.92 Å². The molecule has 0 unspecified atom stereocenters. The van der Waals surface area contributed by atoms with E-state index in [-0.39, 0.29) is 6.61 Å². The summed E-state index contributed by atoms with van der Waals surface area (Å²) in [6.07, 6.45) is 0. The summed E-state index contributed by atoms with van der Waals surface area (Å²) in [5.74, 6) is -0.518. The number of rotatable bonds is 4. The lowest BCUT2D eigenvalue weighted by Gasteiger charge is -2.06. The molecule has 0 saturated carbocycles. The molecule has 0 radical (unpaired) electrons. The first-order valence-electron chi connectivity index (χ1n) is 6.11. The molecular weight excluding hydrogens is 256 g/mol. The van der Waals surface area contributed by atoms with Crippen LogP contribution in [0.4, 0.5) is 5.82 Å². The number of carbonyl (C=O) groups is 2. The van der Waals surface area contributed by atoms with Gasteiger partial charge in [0.25, 0.3) is 5.91 Å². The zero-order valence-corrected chi connectivity index (χ0v) is 11.0. The Bertz CT molecular complexity index is 612. The molecule has 0 spiro atoms. The van der Waals surface area contributed by atoms with Crippen LogP contribution in [-0.4, -0.2) is 23.5 Å². The Labute approximate surface area is 116 Å². The third-order valence-corrected chi connectivity index (χ3v) is 2.50. The predicted octanol–water partition coefficient (Wildman–Crippen LogP) is 2.19. The van der Waals surface area contributed by atoms with E-state index in [1.54, 1.807) is 42.5 Å². The lowest BCUT2D eigenvalue weighted by Crippen LogP contribution is -2.21. The van der Waals surface area contributed by atoms with Crippen molar-refractivity contribution < 1.29 is 14.3 Å². The highest BCUT2D eigenvalue weighted by atomic mass is 16.5. The summed E-state index contributed by atoms with van der Waals surface area (Å²) < 4.78 is 4.91. The number of nitrogens with one attached hydrogen (secondary N) is 1. The Kier molecular flexibility index (Phi) is 4.44. The van der Waals surface area contributed by atoms with E-state index < -0.39 is 11.9 Å². The molecule has 1 heterocycles. The highest BCUT2D eigenvalue weighted by molar-refractivity contribution is 5.94. The van der Waals surface area contributed by atoms with Crippen molar-refractivity contribution in [2.24, 2.45) is 0 Å². The van der Waals surface area contributed by atoms with Gasteiger partial charge in [0.15, 0.2) is 6.61 Å². The Morgan fingerprint density at radius 1 is 1.10 bits per heavy atom. The van der Waals surface area contributed by atoms with Crippen molar-refractivity contribution in [3.05, 3.63) is 59.8 Å². The maximum absolute atomic E-state index is 11.6. The van der Waals surface area contributed by atoms with E-state index in [2.05, 4.69) is 10.3 Å². The molecule has 1 N–H and O–H groups in total. The number of anilines is 1. The third-order valence-electron chi connectivity index (χ3n) is 2.50. The number of aryl methyl sites for hydroxylation is 1. The fourth-order valence-electron chi connectivity index (χ4n) is 1.58. The van der Waals surface area contributed by atoms with E-state index in [0.29, 0.717) is 11.4 Å². The fourth-order valence-corrected chi connectivity index (χ4v) is 1.58. The highest BCUT2D eigenvalue weighted by Gasteiger charge is 2.10. The van der Waals surface area contributed by atoms with Crippen LogP contribution in [-0.2, 0) is 9.53 Å². The second kappa shape index (κ2) is 6.47. The van der Waals surface area contributed by atoms with Crippen LogP contribution in [0.3, 0.4) is 0 Å². The Morgan fingerprint density at radius 2 is 1.85 bits per heavy atom. The standard InChI is InChI=1S/C15H14N2O3/c1-11-6-5-9-13(16-11)17-14(18)10-20-15(19)12-7-3-2-4-8-12/h2-9H,10H2,1H3,(H,16,17,18). The molecule has 1 aromatic carbocycles. The first-order valence-corrected chi connectivity index (χ1v) is 6.11. The normalized spacial score (nSPS) is 9.85. The molecule has 0 saturated heterocycles. The SMILES string of the molecule is Cc1cccc(NC(=O)COC(=O)c2ccccc2)n1. The van der Waals surface area contributed by atoms with Gasteiger partial charge in [-0.15, -0.1) is 0 Å². The maximum Gasteiger partial charge on any atom is 0.338 e. The van der Waals surface area contributed by atoms with E-state index in [1.165, 1.54) is 0 Å². The molecule has 1 amide bonds. The average Bonchev–Trinajstić information content (AvgIpc) is 2.46. The van der Waals surface area contributed by atoms with Gasteiger partial charge in [0.2, 0.25) is 0 Å². The highest BCUT2D eigenvalue weighted by Crippen LogP contribution is 2.04. The lowest BCUT2D eigenvalue weighted by molar-refractivity contribution is -0.119. The summed E-state index contributed by atoms with van der Waals surface area (Å²) in [4.78, 5) is 27.4. The predicted molar refractivity (Wildman–Crippen MR) is 74.3 cm³/mol. The van der Waals surface area contributed by atoms with E-state index in [9.17, 15) is 9.59 Å². The smallest absolute Gasteiger partial charge is 0.338 e. The molecule has 5 heteroatoms. The van der Waals surface area contributed by atoms with Gasteiger partial charge in [-0.05, 0) is 31.2 Å². The second-order valence-corrected chi connectivity index (χ2v) is 4.15. The number of benzene rings is 1. The first kappa shape index (κ1) is 13.7. The minimum atomic E-state index is -0.530. The monoisotopic (exact) mass is 270 g/mol. The number of hydrogen-bond donors (Lipinski definition) is 1. The van der Waals surface area contributed by atoms with Gasteiger partial charge in [-0.3, -0.25) is 4.79 Å². The van der Waals surface area contributed by atoms with Crippen LogP contribution in [0.2, 0.25) is 0 Å². The largest absolute Gasteiger partial charge is 0.452 e. The molecule has 2 aromatic rings. The number of ether oxygens (including phenoxy) is 1. The van der Waals surface area contributed by atoms with Crippen LogP contribution in [0.15, 0.2) is 48.5 Å². The van der Waals surface area contributed by atoms with Gasteiger partial charge in [-0.1, -0.05) is 24.3 Å². The van der Waals surface area contributed by atoms with E-state index in [1.807, 2.05) is 13.0 Å². The topological polar surface area (TPSA) is 68.3 Å². The van der Waals surface area contributed by atoms with E-state index >= 15 is 0 Å². The fraction of sp³-hybridized carbons (Fsp3) is 0.133. The number of amides is 1. The summed E-state index contributed by atoms with van der Waals surface area (Å²) in [7, 11) is 0. The van der Waals surface area contributed by atoms with Crippen molar-refractivity contribution in [2.75, 3.05) is 11.9 Å². The van der Waals surface area contributed by atoms with Crippen molar-refractivity contribution in [3.8, 4) is 0 Å². The van der Waals surface area contributed by atoms with Crippen LogP contribution < -0.4 is 5.32 Å². The summed E-state index contributed by atoms with van der Waals surface area (Å²) in [6, 6.07) is 13.8. The van der Waals surface area contributed by atoms with Crippen LogP contribution in [0.1, 0.15) is 16.1 Å². The zero-order valence-electron chi connectivity index (χ0n) is 11.0. The van der Waals surface area contributed by atoms with Crippen molar-refractivity contribution in [1.82, 2.24) is 4.98 Å². The lowest BCUT2D eigenvalue weighted by atomic mass is 10.2. The van der Waals surface area contributed by atoms with Gasteiger partial charge in [0.05, 0.1) is 5.56 Å². The minimum Gasteiger partial charge on any atom is -0.452 e. The van der Waals surface area contributed by atoms with E-state index in [4.69, 9.17) is 4.74 Å². The van der Waals surface area contributed by atoms with E-state index in [0.717, 1.165) is 5.69 Å². The Balaban J connectivity index is 1.85. The van der Waals surface area contributed by atoms with Crippen molar-refractivity contribution >= 4 is 17.7 Å². The molecule has 1 aromatic heterocycles. The first-order chi connectivity index (χ1) is 9.65. The molecule has 0 aliphatic heterocycles. The van der Waals surface area contributed by atoms with Crippen LogP contribution in [0.25, 0.3) is 0 Å². The molecule has 5 nitrogen and oxygen atoms in total. The Hall–Kier alpha value is -2.69. The van der Waals surface area contributed by atoms with Crippen LogP contribution in [0.5, 0.6) is 0 Å². The van der Waals surface area contributed by atoms with Crippen molar-refractivity contribution in [3.63, 3.8) is 0 Å². The Morgan fingerprint density at radius 3 is 2.55 bits per heavy atom. The van der Waals surface area contributed by atoms with Gasteiger partial charge in [-0.2, -0.15) is 0 Å². The summed E-state index contributed by atoms with van der Waals surface area (Å²) in [6.45, 7) is 1.48. The molecule has 0 fully saturated rings. The summed E-state index contributed by atoms with van der Waals surface area (Å²) in [5.41, 5.74) is 1.21. The third kappa shape index (κ3) is 3.91. The number of hydrogen-bond acceptors (Lipinski definition) is 4. The van der Waals surface area contributed by atoms with Gasteiger partial charge >= 0.3 is 5.97 Å². The number of nitrogens with zero attached hydrogens (tertiary/aromatic N) is 1. The molecule has 0 atom stereocenters. The average molecular weight is 270 g/mol. The maximum atomic E-state index is 11.6. The molecule has 0 aliphatic carbocycles. The number of carbonyl (C=O) groups excluding carboxylic acids is 2. The second-order valence-electron chi connectivity index (χ2n) is 4.15. The summed E-state index contributed by atoms with van der Waals surface area (Å²) in [5, 5.41) is 2.56. The van der Waals surface area contributed by atoms with Crippen LogP contribution in [0, 0.1) is 6.92 Å². The molecule has 102 valence electrons. The molecule has 2 rings (SSSR count). The van der Waals surface area contributed by atoms with Crippen molar-refractivity contribution in [1.29, 1.82) is 0 Å². The minimum absolute atomic E-state index is 0.344. The molecular formula is C15H14N2O3. The van der Waals surface area contributed by atoms with Gasteiger partial charge < -0.3 is 10.1 Å². The molecule has 0 aliphatic rings. The molecule has 20 heavy (non-hydrogen) atoms.